The van der Waals surface area contributed by atoms with E-state index in [2.05, 4.69) is 22.4 Å². The van der Waals surface area contributed by atoms with E-state index in [9.17, 15) is 9.59 Å². The Kier molecular flexibility index (Phi) is 6.97. The Morgan fingerprint density at radius 1 is 1.04 bits per heavy atom. The third-order valence-corrected chi connectivity index (χ3v) is 5.54. The minimum atomic E-state index is -0.157. The number of anilines is 1. The summed E-state index contributed by atoms with van der Waals surface area (Å²) in [6.07, 6.45) is 5.41. The fraction of sp³-hybridized carbons (Fsp3) is 0.500. The van der Waals surface area contributed by atoms with Crippen LogP contribution in [-0.4, -0.2) is 25.2 Å². The molecular weight excluding hydrogens is 374 g/mol. The number of carbonyl (C=O) groups excluding carboxylic acids is 1. The van der Waals surface area contributed by atoms with Crippen molar-refractivity contribution < 1.29 is 4.79 Å². The molecule has 8 heteroatoms. The van der Waals surface area contributed by atoms with Crippen LogP contribution in [0.15, 0.2) is 29.1 Å². The summed E-state index contributed by atoms with van der Waals surface area (Å²) in [7, 11) is 0. The molecule has 150 valence electrons. The summed E-state index contributed by atoms with van der Waals surface area (Å²) >= 11 is 1.42. The van der Waals surface area contributed by atoms with Gasteiger partial charge in [0.15, 0.2) is 0 Å². The molecular formula is C20H27N5O2S. The first-order valence-corrected chi connectivity index (χ1v) is 10.8. The first-order chi connectivity index (χ1) is 13.6. The number of fused-ring (bicyclic) bond motifs is 1. The van der Waals surface area contributed by atoms with Gasteiger partial charge in [-0.2, -0.15) is 0 Å². The minimum Gasteiger partial charge on any atom is -0.300 e. The molecule has 2 aromatic heterocycles. The number of rotatable bonds is 10. The summed E-state index contributed by atoms with van der Waals surface area (Å²) in [5, 5.41) is 12.5. The third kappa shape index (κ3) is 4.67. The van der Waals surface area contributed by atoms with Gasteiger partial charge in [0.05, 0.1) is 11.0 Å². The third-order valence-electron chi connectivity index (χ3n) is 4.64. The summed E-state index contributed by atoms with van der Waals surface area (Å²) < 4.78 is 3.46. The van der Waals surface area contributed by atoms with E-state index in [1.54, 1.807) is 9.13 Å². The lowest BCUT2D eigenvalue weighted by Crippen LogP contribution is -2.26. The maximum Gasteiger partial charge on any atom is 0.329 e. The summed E-state index contributed by atoms with van der Waals surface area (Å²) in [5.74, 6) is -0.157. The molecule has 2 heterocycles. The lowest BCUT2D eigenvalue weighted by Gasteiger charge is -2.03. The standard InChI is InChI=1S/C20H27N5O2S/c1-3-5-6-11-18-22-23-19(28-18)21-17(26)12-14-25-16-10-8-7-9-15(16)24(13-4-2)20(25)27/h7-10H,3-6,11-14H2,1-2H3,(H,21,23,26). The van der Waals surface area contributed by atoms with Crippen molar-refractivity contribution in [2.45, 2.75) is 65.5 Å². The molecule has 0 aliphatic heterocycles. The molecule has 0 unspecified atom stereocenters. The van der Waals surface area contributed by atoms with Gasteiger partial charge in [-0.15, -0.1) is 10.2 Å². The van der Waals surface area contributed by atoms with Crippen molar-refractivity contribution in [1.82, 2.24) is 19.3 Å². The van der Waals surface area contributed by atoms with Crippen LogP contribution in [0.3, 0.4) is 0 Å². The summed E-state index contributed by atoms with van der Waals surface area (Å²) in [5.41, 5.74) is 1.71. The number of imidazole rings is 1. The zero-order chi connectivity index (χ0) is 19.9. The van der Waals surface area contributed by atoms with Crippen molar-refractivity contribution in [3.63, 3.8) is 0 Å². The number of aryl methyl sites for hydroxylation is 3. The number of aromatic nitrogens is 4. The number of hydrogen-bond donors (Lipinski definition) is 1. The normalized spacial score (nSPS) is 11.2. The first-order valence-electron chi connectivity index (χ1n) is 9.94. The molecule has 0 aliphatic carbocycles. The van der Waals surface area contributed by atoms with Crippen LogP contribution in [0.25, 0.3) is 11.0 Å². The van der Waals surface area contributed by atoms with Crippen LogP contribution >= 0.6 is 11.3 Å². The number of carbonyl (C=O) groups is 1. The van der Waals surface area contributed by atoms with E-state index >= 15 is 0 Å². The van der Waals surface area contributed by atoms with Crippen LogP contribution in [0.4, 0.5) is 5.13 Å². The molecule has 3 rings (SSSR count). The zero-order valence-corrected chi connectivity index (χ0v) is 17.3. The van der Waals surface area contributed by atoms with Crippen molar-refractivity contribution in [2.24, 2.45) is 0 Å². The Bertz CT molecular complexity index is 988. The molecule has 0 saturated heterocycles. The minimum absolute atomic E-state index is 0.0648. The molecule has 0 radical (unpaired) electrons. The van der Waals surface area contributed by atoms with Gasteiger partial charge in [-0.1, -0.05) is 50.2 Å². The van der Waals surface area contributed by atoms with Crippen molar-refractivity contribution in [3.8, 4) is 0 Å². The average molecular weight is 402 g/mol. The SMILES string of the molecule is CCCCCc1nnc(NC(=O)CCn2c(=O)n(CCC)c3ccccc32)s1. The molecule has 0 spiro atoms. The Balaban J connectivity index is 1.64. The summed E-state index contributed by atoms with van der Waals surface area (Å²) in [6, 6.07) is 7.72. The second-order valence-electron chi connectivity index (χ2n) is 6.83. The van der Waals surface area contributed by atoms with Crippen LogP contribution in [-0.2, 0) is 24.3 Å². The topological polar surface area (TPSA) is 81.8 Å². The second-order valence-corrected chi connectivity index (χ2v) is 7.89. The average Bonchev–Trinajstić information content (AvgIpc) is 3.24. The Morgan fingerprint density at radius 2 is 1.75 bits per heavy atom. The highest BCUT2D eigenvalue weighted by Gasteiger charge is 2.14. The molecule has 1 N–H and O–H groups in total. The molecule has 1 amide bonds. The molecule has 0 atom stereocenters. The highest BCUT2D eigenvalue weighted by Crippen LogP contribution is 2.18. The number of nitrogens with zero attached hydrogens (tertiary/aromatic N) is 4. The zero-order valence-electron chi connectivity index (χ0n) is 16.5. The Hall–Kier alpha value is -2.48. The van der Waals surface area contributed by atoms with Crippen molar-refractivity contribution in [2.75, 3.05) is 5.32 Å². The Morgan fingerprint density at radius 3 is 2.43 bits per heavy atom. The largest absolute Gasteiger partial charge is 0.329 e. The van der Waals surface area contributed by atoms with Gasteiger partial charge >= 0.3 is 5.69 Å². The molecule has 1 aromatic carbocycles. The molecule has 0 fully saturated rings. The predicted molar refractivity (Wildman–Crippen MR) is 113 cm³/mol. The van der Waals surface area contributed by atoms with Crippen molar-refractivity contribution >= 4 is 33.4 Å². The van der Waals surface area contributed by atoms with Crippen LogP contribution < -0.4 is 11.0 Å². The number of nitrogens with one attached hydrogen (secondary N) is 1. The quantitative estimate of drug-likeness (QED) is 0.524. The lowest BCUT2D eigenvalue weighted by molar-refractivity contribution is -0.116. The van der Waals surface area contributed by atoms with Gasteiger partial charge in [0.25, 0.3) is 0 Å². The lowest BCUT2D eigenvalue weighted by atomic mass is 10.2. The highest BCUT2D eigenvalue weighted by molar-refractivity contribution is 7.15. The number of para-hydroxylation sites is 2. The summed E-state index contributed by atoms with van der Waals surface area (Å²) in [4.78, 5) is 25.1. The van der Waals surface area contributed by atoms with E-state index in [0.29, 0.717) is 18.2 Å². The predicted octanol–water partition coefficient (Wildman–Crippen LogP) is 3.83. The molecule has 0 aliphatic rings. The number of unbranched alkanes of at least 4 members (excludes halogenated alkanes) is 2. The van der Waals surface area contributed by atoms with Gasteiger partial charge in [-0.05, 0) is 25.0 Å². The smallest absolute Gasteiger partial charge is 0.300 e. The van der Waals surface area contributed by atoms with E-state index < -0.39 is 0 Å². The summed E-state index contributed by atoms with van der Waals surface area (Å²) in [6.45, 7) is 5.22. The molecule has 28 heavy (non-hydrogen) atoms. The molecule has 0 bridgehead atoms. The van der Waals surface area contributed by atoms with Gasteiger partial charge in [-0.25, -0.2) is 4.79 Å². The van der Waals surface area contributed by atoms with Crippen LogP contribution in [0.2, 0.25) is 0 Å². The number of amides is 1. The van der Waals surface area contributed by atoms with E-state index in [-0.39, 0.29) is 18.0 Å². The van der Waals surface area contributed by atoms with E-state index in [0.717, 1.165) is 41.7 Å². The molecule has 7 nitrogen and oxygen atoms in total. The fourth-order valence-electron chi connectivity index (χ4n) is 3.25. The van der Waals surface area contributed by atoms with E-state index in [1.165, 1.54) is 17.8 Å². The van der Waals surface area contributed by atoms with Gasteiger partial charge < -0.3 is 5.32 Å². The Labute approximate surface area is 168 Å². The van der Waals surface area contributed by atoms with Crippen LogP contribution in [0.1, 0.15) is 51.0 Å². The van der Waals surface area contributed by atoms with Gasteiger partial charge in [-0.3, -0.25) is 13.9 Å². The van der Waals surface area contributed by atoms with Gasteiger partial charge in [0.2, 0.25) is 11.0 Å². The maximum atomic E-state index is 12.8. The number of hydrogen-bond acceptors (Lipinski definition) is 5. The highest BCUT2D eigenvalue weighted by atomic mass is 32.1. The maximum absolute atomic E-state index is 12.8. The van der Waals surface area contributed by atoms with Crippen molar-refractivity contribution in [1.29, 1.82) is 0 Å². The fourth-order valence-corrected chi connectivity index (χ4v) is 4.05. The second kappa shape index (κ2) is 9.64. The van der Waals surface area contributed by atoms with Gasteiger partial charge in [0.1, 0.15) is 5.01 Å². The van der Waals surface area contributed by atoms with E-state index in [1.807, 2.05) is 31.2 Å². The van der Waals surface area contributed by atoms with Gasteiger partial charge in [0, 0.05) is 25.9 Å². The van der Waals surface area contributed by atoms with Crippen molar-refractivity contribution in [3.05, 3.63) is 39.8 Å². The van der Waals surface area contributed by atoms with E-state index in [4.69, 9.17) is 0 Å². The van der Waals surface area contributed by atoms with Crippen LogP contribution in [0, 0.1) is 0 Å². The monoisotopic (exact) mass is 401 g/mol. The van der Waals surface area contributed by atoms with Crippen LogP contribution in [0.5, 0.6) is 0 Å². The first kappa shape index (κ1) is 20.3. The molecule has 3 aromatic rings. The number of benzene rings is 1. The molecule has 0 saturated carbocycles.